The van der Waals surface area contributed by atoms with Gasteiger partial charge in [0.15, 0.2) is 0 Å². The Kier molecular flexibility index (Phi) is 2.46. The van der Waals surface area contributed by atoms with E-state index in [1.807, 2.05) is 6.92 Å². The number of hydrogen-bond acceptors (Lipinski definition) is 2. The molecule has 0 aromatic carbocycles. The lowest BCUT2D eigenvalue weighted by Crippen LogP contribution is -2.39. The molecule has 90 valence electrons. The van der Waals surface area contributed by atoms with Gasteiger partial charge in [-0.25, -0.2) is 0 Å². The van der Waals surface area contributed by atoms with Crippen molar-refractivity contribution in [3.63, 3.8) is 0 Å². The zero-order valence-corrected chi connectivity index (χ0v) is 10.3. The van der Waals surface area contributed by atoms with Crippen LogP contribution in [-0.4, -0.2) is 29.6 Å². The van der Waals surface area contributed by atoms with Gasteiger partial charge >= 0.3 is 0 Å². The highest BCUT2D eigenvalue weighted by Gasteiger charge is 2.43. The molecule has 0 aromatic rings. The highest BCUT2D eigenvalue weighted by Crippen LogP contribution is 2.48. The minimum Gasteiger partial charge on any atom is -0.326 e. The largest absolute Gasteiger partial charge is 0.326 e. The topological polar surface area (TPSA) is 32.3 Å². The van der Waals surface area contributed by atoms with Gasteiger partial charge in [0.05, 0.1) is 12.2 Å². The maximum absolute atomic E-state index is 12.0. The van der Waals surface area contributed by atoms with Crippen molar-refractivity contribution in [1.82, 2.24) is 10.2 Å². The minimum atomic E-state index is 0.0218. The predicted octanol–water partition coefficient (Wildman–Crippen LogP) is 1.59. The number of carbonyl (C=O) groups excluding carboxylic acids is 1. The van der Waals surface area contributed by atoms with E-state index in [4.69, 9.17) is 0 Å². The van der Waals surface area contributed by atoms with Crippen LogP contribution in [0.3, 0.4) is 0 Å². The first-order valence-electron chi connectivity index (χ1n) is 6.71. The van der Waals surface area contributed by atoms with Crippen molar-refractivity contribution < 1.29 is 4.79 Å². The maximum Gasteiger partial charge on any atom is 0.240 e. The third-order valence-electron chi connectivity index (χ3n) is 4.93. The first-order chi connectivity index (χ1) is 7.65. The summed E-state index contributed by atoms with van der Waals surface area (Å²) in [5.74, 6) is 2.99. The molecule has 1 amide bonds. The Labute approximate surface area is 97.6 Å². The summed E-state index contributed by atoms with van der Waals surface area (Å²) in [6, 6.07) is 0.0218. The lowest BCUT2D eigenvalue weighted by atomic mass is 9.88. The van der Waals surface area contributed by atoms with Gasteiger partial charge in [-0.3, -0.25) is 10.1 Å². The third kappa shape index (κ3) is 1.56. The normalized spacial score (nSPS) is 47.0. The Bertz CT molecular complexity index is 304. The van der Waals surface area contributed by atoms with Crippen LogP contribution in [0.4, 0.5) is 0 Å². The van der Waals surface area contributed by atoms with Crippen LogP contribution in [0.15, 0.2) is 0 Å². The fourth-order valence-electron chi connectivity index (χ4n) is 4.06. The molecule has 16 heavy (non-hydrogen) atoms. The second-order valence-electron chi connectivity index (χ2n) is 5.99. The summed E-state index contributed by atoms with van der Waals surface area (Å²) in [7, 11) is 0. The van der Waals surface area contributed by atoms with Gasteiger partial charge in [0.1, 0.15) is 0 Å². The van der Waals surface area contributed by atoms with Crippen LogP contribution in [0, 0.1) is 17.8 Å². The number of hydrogen-bond donors (Lipinski definition) is 1. The van der Waals surface area contributed by atoms with Gasteiger partial charge in [-0.2, -0.15) is 0 Å². The molecule has 3 fully saturated rings. The third-order valence-corrected chi connectivity index (χ3v) is 4.93. The summed E-state index contributed by atoms with van der Waals surface area (Å²) in [5.41, 5.74) is 0. The Balaban J connectivity index is 1.64. The summed E-state index contributed by atoms with van der Waals surface area (Å²) in [5, 5.41) is 3.31. The lowest BCUT2D eigenvalue weighted by molar-refractivity contribution is -0.130. The van der Waals surface area contributed by atoms with E-state index in [2.05, 4.69) is 17.1 Å². The smallest absolute Gasteiger partial charge is 0.240 e. The minimum absolute atomic E-state index is 0.0218. The molecule has 2 saturated carbocycles. The molecule has 1 heterocycles. The summed E-state index contributed by atoms with van der Waals surface area (Å²) < 4.78 is 0. The molecule has 5 unspecified atom stereocenters. The molecule has 1 aliphatic heterocycles. The molecular formula is C13H22N2O. The van der Waals surface area contributed by atoms with Gasteiger partial charge in [-0.05, 0) is 50.9 Å². The first kappa shape index (κ1) is 10.6. The molecule has 3 aliphatic rings. The first-order valence-corrected chi connectivity index (χ1v) is 6.71. The molecule has 3 heteroatoms. The van der Waals surface area contributed by atoms with Crippen molar-refractivity contribution in [2.45, 2.75) is 51.7 Å². The highest BCUT2D eigenvalue weighted by atomic mass is 16.2. The van der Waals surface area contributed by atoms with E-state index < -0.39 is 0 Å². The molecule has 3 nitrogen and oxygen atoms in total. The SMILES string of the molecule is CC1NC(C)N(CC2CC3CCC2C3)C1=O. The van der Waals surface area contributed by atoms with Crippen LogP contribution >= 0.6 is 0 Å². The van der Waals surface area contributed by atoms with Crippen molar-refractivity contribution in [3.05, 3.63) is 0 Å². The van der Waals surface area contributed by atoms with E-state index >= 15 is 0 Å². The molecule has 2 bridgehead atoms. The summed E-state index contributed by atoms with van der Waals surface area (Å²) in [4.78, 5) is 14.0. The van der Waals surface area contributed by atoms with Gasteiger partial charge in [-0.1, -0.05) is 6.42 Å². The second-order valence-corrected chi connectivity index (χ2v) is 5.99. The number of carbonyl (C=O) groups is 1. The van der Waals surface area contributed by atoms with Crippen LogP contribution < -0.4 is 5.32 Å². The molecule has 0 radical (unpaired) electrons. The average molecular weight is 222 g/mol. The standard InChI is InChI=1S/C13H22N2O/c1-8-13(16)15(9(2)14-8)7-12-6-10-3-4-11(12)5-10/h8-12,14H,3-7H2,1-2H3. The van der Waals surface area contributed by atoms with Crippen LogP contribution in [0.25, 0.3) is 0 Å². The molecule has 0 aromatic heterocycles. The molecule has 1 N–H and O–H groups in total. The highest BCUT2D eigenvalue weighted by molar-refractivity contribution is 5.83. The van der Waals surface area contributed by atoms with E-state index in [0.29, 0.717) is 5.91 Å². The molecule has 3 rings (SSSR count). The Hall–Kier alpha value is -0.570. The summed E-state index contributed by atoms with van der Waals surface area (Å²) >= 11 is 0. The van der Waals surface area contributed by atoms with Gasteiger partial charge < -0.3 is 4.90 Å². The quantitative estimate of drug-likeness (QED) is 0.769. The fourth-order valence-corrected chi connectivity index (χ4v) is 4.06. The molecule has 2 aliphatic carbocycles. The van der Waals surface area contributed by atoms with Crippen molar-refractivity contribution in [2.75, 3.05) is 6.54 Å². The van der Waals surface area contributed by atoms with Gasteiger partial charge in [0.2, 0.25) is 5.91 Å². The number of nitrogens with zero attached hydrogens (tertiary/aromatic N) is 1. The van der Waals surface area contributed by atoms with E-state index in [1.165, 1.54) is 25.7 Å². The monoisotopic (exact) mass is 222 g/mol. The maximum atomic E-state index is 12.0. The zero-order valence-electron chi connectivity index (χ0n) is 10.3. The van der Waals surface area contributed by atoms with Crippen LogP contribution in [0.1, 0.15) is 39.5 Å². The van der Waals surface area contributed by atoms with Crippen molar-refractivity contribution in [3.8, 4) is 0 Å². The lowest BCUT2D eigenvalue weighted by Gasteiger charge is -2.29. The van der Waals surface area contributed by atoms with Crippen LogP contribution in [0.5, 0.6) is 0 Å². The Morgan fingerprint density at radius 2 is 2.12 bits per heavy atom. The predicted molar refractivity (Wildman–Crippen MR) is 62.7 cm³/mol. The van der Waals surface area contributed by atoms with Crippen LogP contribution in [-0.2, 0) is 4.79 Å². The van der Waals surface area contributed by atoms with E-state index in [1.54, 1.807) is 0 Å². The van der Waals surface area contributed by atoms with Gasteiger partial charge in [0, 0.05) is 6.54 Å². The number of amides is 1. The molecule has 1 saturated heterocycles. The van der Waals surface area contributed by atoms with E-state index in [-0.39, 0.29) is 12.2 Å². The van der Waals surface area contributed by atoms with Crippen molar-refractivity contribution in [2.24, 2.45) is 17.8 Å². The fraction of sp³-hybridized carbons (Fsp3) is 0.923. The van der Waals surface area contributed by atoms with Crippen LogP contribution in [0.2, 0.25) is 0 Å². The van der Waals surface area contributed by atoms with Crippen molar-refractivity contribution >= 4 is 5.91 Å². The summed E-state index contributed by atoms with van der Waals surface area (Å²) in [6.07, 6.45) is 5.90. The average Bonchev–Trinajstić information content (AvgIpc) is 2.90. The number of fused-ring (bicyclic) bond motifs is 2. The van der Waals surface area contributed by atoms with Crippen molar-refractivity contribution in [1.29, 1.82) is 0 Å². The molecular weight excluding hydrogens is 200 g/mol. The van der Waals surface area contributed by atoms with E-state index in [0.717, 1.165) is 24.3 Å². The Morgan fingerprint density at radius 3 is 2.62 bits per heavy atom. The van der Waals surface area contributed by atoms with Gasteiger partial charge in [-0.15, -0.1) is 0 Å². The molecule has 5 atom stereocenters. The van der Waals surface area contributed by atoms with Gasteiger partial charge in [0.25, 0.3) is 0 Å². The van der Waals surface area contributed by atoms with E-state index in [9.17, 15) is 4.79 Å². The second kappa shape index (κ2) is 3.73. The zero-order chi connectivity index (χ0) is 11.3. The molecule has 0 spiro atoms. The number of rotatable bonds is 2. The Morgan fingerprint density at radius 1 is 1.31 bits per heavy atom. The number of nitrogens with one attached hydrogen (secondary N) is 1. The summed E-state index contributed by atoms with van der Waals surface area (Å²) in [6.45, 7) is 5.08.